The van der Waals surface area contributed by atoms with Crippen LogP contribution < -0.4 is 10.6 Å². The minimum Gasteiger partial charge on any atom is -0.390 e. The molecule has 3 heterocycles. The third kappa shape index (κ3) is 3.75. The van der Waals surface area contributed by atoms with Crippen molar-refractivity contribution >= 4 is 34.2 Å². The first-order valence-corrected chi connectivity index (χ1v) is 10.8. The van der Waals surface area contributed by atoms with Crippen molar-refractivity contribution in [1.29, 1.82) is 0 Å². The van der Waals surface area contributed by atoms with Crippen LogP contribution in [0, 0.1) is 12.8 Å². The molecular formula is C19H25N7O3S. The van der Waals surface area contributed by atoms with Gasteiger partial charge in [0, 0.05) is 24.4 Å². The molecular weight excluding hydrogens is 406 g/mol. The summed E-state index contributed by atoms with van der Waals surface area (Å²) in [6.45, 7) is 4.95. The highest BCUT2D eigenvalue weighted by atomic mass is 32.1. The maximum absolute atomic E-state index is 12.2. The van der Waals surface area contributed by atoms with E-state index in [9.17, 15) is 15.0 Å². The molecule has 0 unspecified atom stereocenters. The number of nitrogens with one attached hydrogen (secondary N) is 2. The monoisotopic (exact) mass is 431 g/mol. The van der Waals surface area contributed by atoms with E-state index < -0.39 is 24.2 Å². The van der Waals surface area contributed by atoms with Crippen LogP contribution in [0.15, 0.2) is 18.2 Å². The number of aryl methyl sites for hydroxylation is 1. The molecule has 10 nitrogen and oxygen atoms in total. The zero-order valence-electron chi connectivity index (χ0n) is 16.8. The van der Waals surface area contributed by atoms with Crippen LogP contribution in [0.4, 0.5) is 5.82 Å². The number of carbonyl (C=O) groups excluding carboxylic acids is 1. The smallest absolute Gasteiger partial charge is 0.225 e. The van der Waals surface area contributed by atoms with Gasteiger partial charge in [-0.3, -0.25) is 4.79 Å². The second kappa shape index (κ2) is 8.62. The van der Waals surface area contributed by atoms with Crippen LogP contribution in [0.2, 0.25) is 0 Å². The van der Waals surface area contributed by atoms with Crippen LogP contribution in [-0.2, 0) is 11.2 Å². The van der Waals surface area contributed by atoms with Crippen LogP contribution in [0.5, 0.6) is 0 Å². The fourth-order valence-corrected chi connectivity index (χ4v) is 4.72. The fourth-order valence-electron chi connectivity index (χ4n) is 3.93. The zero-order chi connectivity index (χ0) is 21.3. The number of aromatic nitrogens is 5. The number of rotatable bonds is 7. The molecule has 1 fully saturated rings. The molecule has 1 amide bonds. The Kier molecular flexibility index (Phi) is 5.93. The van der Waals surface area contributed by atoms with Crippen molar-refractivity contribution in [2.75, 3.05) is 18.4 Å². The van der Waals surface area contributed by atoms with Crippen molar-refractivity contribution in [3.05, 3.63) is 28.7 Å². The number of nitrogens with zero attached hydrogens (tertiary/aromatic N) is 5. The number of carbonyl (C=O) groups is 1. The number of anilines is 1. The highest BCUT2D eigenvalue weighted by Gasteiger charge is 2.46. The minimum absolute atomic E-state index is 0.258. The first-order chi connectivity index (χ1) is 14.5. The maximum Gasteiger partial charge on any atom is 0.225 e. The van der Waals surface area contributed by atoms with Gasteiger partial charge in [-0.2, -0.15) is 0 Å². The van der Waals surface area contributed by atoms with Crippen molar-refractivity contribution < 1.29 is 15.0 Å². The average molecular weight is 432 g/mol. The van der Waals surface area contributed by atoms with Crippen LogP contribution >= 0.6 is 11.3 Å². The standard InChI is InChI=1S/C19H25N7O3S/c1-3-20-19(29)11-6-12(16(28)15(11)27)26-8-24-14-17(22-7-23-18(14)26)21-5-4-13-10(2)25-9-30-13/h7-9,11-12,15-16,27-28H,3-6H2,1-2H3,(H,20,29)(H,21,22,23)/t11-,12+,15+,16-/m1/s1. The number of aliphatic hydroxyl groups excluding tert-OH is 2. The van der Waals surface area contributed by atoms with Crippen molar-refractivity contribution in [2.45, 2.75) is 44.9 Å². The number of hydrogen-bond donors (Lipinski definition) is 4. The highest BCUT2D eigenvalue weighted by Crippen LogP contribution is 2.37. The second-order valence-electron chi connectivity index (χ2n) is 7.37. The predicted molar refractivity (Wildman–Crippen MR) is 112 cm³/mol. The normalized spacial score (nSPS) is 23.7. The van der Waals surface area contributed by atoms with E-state index in [4.69, 9.17) is 0 Å². The number of thiazole rings is 1. The average Bonchev–Trinajstić information content (AvgIpc) is 3.41. The number of hydrogen-bond acceptors (Lipinski definition) is 9. The molecule has 3 aromatic heterocycles. The lowest BCUT2D eigenvalue weighted by molar-refractivity contribution is -0.128. The molecule has 4 rings (SSSR count). The van der Waals surface area contributed by atoms with Crippen molar-refractivity contribution in [3.63, 3.8) is 0 Å². The topological polar surface area (TPSA) is 138 Å². The predicted octanol–water partition coefficient (Wildman–Crippen LogP) is 0.665. The van der Waals surface area contributed by atoms with Gasteiger partial charge in [0.1, 0.15) is 17.9 Å². The fraction of sp³-hybridized carbons (Fsp3) is 0.526. The lowest BCUT2D eigenvalue weighted by Crippen LogP contribution is -2.38. The lowest BCUT2D eigenvalue weighted by atomic mass is 10.0. The van der Waals surface area contributed by atoms with E-state index in [1.165, 1.54) is 11.2 Å². The Morgan fingerprint density at radius 3 is 2.83 bits per heavy atom. The zero-order valence-corrected chi connectivity index (χ0v) is 17.6. The summed E-state index contributed by atoms with van der Waals surface area (Å²) in [5, 5.41) is 27.0. The Morgan fingerprint density at radius 2 is 2.10 bits per heavy atom. The summed E-state index contributed by atoms with van der Waals surface area (Å²) in [5.41, 5.74) is 4.01. The van der Waals surface area contributed by atoms with Gasteiger partial charge in [-0.05, 0) is 20.3 Å². The van der Waals surface area contributed by atoms with E-state index in [-0.39, 0.29) is 5.91 Å². The summed E-state index contributed by atoms with van der Waals surface area (Å²) in [7, 11) is 0. The van der Waals surface area contributed by atoms with Gasteiger partial charge in [0.2, 0.25) is 5.91 Å². The maximum atomic E-state index is 12.2. The van der Waals surface area contributed by atoms with Crippen LogP contribution in [-0.4, -0.2) is 65.9 Å². The third-order valence-corrected chi connectivity index (χ3v) is 6.54. The van der Waals surface area contributed by atoms with Crippen molar-refractivity contribution in [3.8, 4) is 0 Å². The van der Waals surface area contributed by atoms with Gasteiger partial charge in [0.15, 0.2) is 11.5 Å². The summed E-state index contributed by atoms with van der Waals surface area (Å²) in [4.78, 5) is 30.8. The molecule has 1 aliphatic carbocycles. The highest BCUT2D eigenvalue weighted by molar-refractivity contribution is 7.09. The van der Waals surface area contributed by atoms with Gasteiger partial charge in [0.05, 0.1) is 35.6 Å². The molecule has 1 aliphatic rings. The SMILES string of the molecule is CCNC(=O)[C@@H]1C[C@H](n2cnc3c(NCCc4scnc4C)ncnc32)[C@@H](O)[C@H]1O. The largest absolute Gasteiger partial charge is 0.390 e. The first kappa shape index (κ1) is 20.6. The van der Waals surface area contributed by atoms with Gasteiger partial charge in [-0.25, -0.2) is 19.9 Å². The van der Waals surface area contributed by atoms with E-state index in [0.29, 0.717) is 36.5 Å². The van der Waals surface area contributed by atoms with Gasteiger partial charge in [-0.1, -0.05) is 0 Å². The Hall–Kier alpha value is -2.63. The molecule has 0 aliphatic heterocycles. The molecule has 4 N–H and O–H groups in total. The molecule has 1 saturated carbocycles. The number of imidazole rings is 1. The number of amides is 1. The van der Waals surface area contributed by atoms with Crippen LogP contribution in [0.25, 0.3) is 11.2 Å². The van der Waals surface area contributed by atoms with Gasteiger partial charge in [0.25, 0.3) is 0 Å². The van der Waals surface area contributed by atoms with Gasteiger partial charge < -0.3 is 25.4 Å². The van der Waals surface area contributed by atoms with E-state index in [1.807, 2.05) is 19.4 Å². The van der Waals surface area contributed by atoms with E-state index in [0.717, 1.165) is 12.1 Å². The number of aliphatic hydroxyl groups is 2. The van der Waals surface area contributed by atoms with Crippen molar-refractivity contribution in [2.24, 2.45) is 5.92 Å². The molecule has 0 spiro atoms. The summed E-state index contributed by atoms with van der Waals surface area (Å²) >= 11 is 1.63. The van der Waals surface area contributed by atoms with E-state index >= 15 is 0 Å². The third-order valence-electron chi connectivity index (χ3n) is 5.55. The summed E-state index contributed by atoms with van der Waals surface area (Å²) in [6, 6.07) is -0.500. The molecule has 30 heavy (non-hydrogen) atoms. The Morgan fingerprint density at radius 1 is 1.27 bits per heavy atom. The van der Waals surface area contributed by atoms with Crippen LogP contribution in [0.1, 0.15) is 30.0 Å². The first-order valence-electron chi connectivity index (χ1n) is 9.95. The molecule has 0 saturated heterocycles. The van der Waals surface area contributed by atoms with Gasteiger partial charge >= 0.3 is 0 Å². The lowest BCUT2D eigenvalue weighted by Gasteiger charge is -2.18. The Bertz CT molecular complexity index is 1040. The van der Waals surface area contributed by atoms with E-state index in [1.54, 1.807) is 22.2 Å². The number of fused-ring (bicyclic) bond motifs is 1. The summed E-state index contributed by atoms with van der Waals surface area (Å²) < 4.78 is 1.72. The molecule has 0 bridgehead atoms. The molecule has 11 heteroatoms. The molecule has 160 valence electrons. The van der Waals surface area contributed by atoms with Crippen LogP contribution in [0.3, 0.4) is 0 Å². The minimum atomic E-state index is -1.14. The van der Waals surface area contributed by atoms with Crippen molar-refractivity contribution in [1.82, 2.24) is 29.8 Å². The summed E-state index contributed by atoms with van der Waals surface area (Å²) in [6.07, 6.45) is 1.93. The summed E-state index contributed by atoms with van der Waals surface area (Å²) in [5.74, 6) is -0.329. The molecule has 4 atom stereocenters. The molecule has 0 aromatic carbocycles. The molecule has 3 aromatic rings. The Labute approximate surface area is 177 Å². The van der Waals surface area contributed by atoms with E-state index in [2.05, 4.69) is 30.6 Å². The second-order valence-corrected chi connectivity index (χ2v) is 8.31. The Balaban J connectivity index is 1.53. The quantitative estimate of drug-likeness (QED) is 0.428. The molecule has 0 radical (unpaired) electrons. The van der Waals surface area contributed by atoms with Gasteiger partial charge in [-0.15, -0.1) is 11.3 Å².